The molecule has 0 aromatic carbocycles. The lowest BCUT2D eigenvalue weighted by atomic mass is 9.98. The SMILES string of the molecule is CC/C=C/c1cnc(C(C)(C)C)s1. The van der Waals surface area contributed by atoms with Gasteiger partial charge in [-0.3, -0.25) is 0 Å². The molecule has 0 aliphatic heterocycles. The predicted octanol–water partition coefficient (Wildman–Crippen LogP) is 3.86. The van der Waals surface area contributed by atoms with Gasteiger partial charge in [-0.05, 0) is 12.5 Å². The summed E-state index contributed by atoms with van der Waals surface area (Å²) >= 11 is 1.78. The van der Waals surface area contributed by atoms with Gasteiger partial charge in [-0.2, -0.15) is 0 Å². The van der Waals surface area contributed by atoms with Gasteiger partial charge in [-0.15, -0.1) is 11.3 Å². The summed E-state index contributed by atoms with van der Waals surface area (Å²) < 4.78 is 0. The molecule has 0 saturated heterocycles. The summed E-state index contributed by atoms with van der Waals surface area (Å²) in [5.41, 5.74) is 0.184. The van der Waals surface area contributed by atoms with Crippen LogP contribution in [0.1, 0.15) is 44.0 Å². The van der Waals surface area contributed by atoms with Crippen molar-refractivity contribution in [3.8, 4) is 0 Å². The van der Waals surface area contributed by atoms with E-state index in [0.717, 1.165) is 6.42 Å². The highest BCUT2D eigenvalue weighted by molar-refractivity contribution is 7.12. The van der Waals surface area contributed by atoms with E-state index in [9.17, 15) is 0 Å². The van der Waals surface area contributed by atoms with E-state index >= 15 is 0 Å². The molecular formula is C11H17NS. The van der Waals surface area contributed by atoms with Crippen LogP contribution in [0.25, 0.3) is 6.08 Å². The Morgan fingerprint density at radius 3 is 2.62 bits per heavy atom. The van der Waals surface area contributed by atoms with Gasteiger partial charge in [-0.25, -0.2) is 4.98 Å². The molecule has 2 heteroatoms. The van der Waals surface area contributed by atoms with Crippen molar-refractivity contribution in [1.82, 2.24) is 4.98 Å². The molecule has 1 rings (SSSR count). The molecule has 0 saturated carbocycles. The summed E-state index contributed by atoms with van der Waals surface area (Å²) in [5, 5.41) is 1.21. The molecule has 0 spiro atoms. The fourth-order valence-corrected chi connectivity index (χ4v) is 1.85. The van der Waals surface area contributed by atoms with E-state index in [4.69, 9.17) is 0 Å². The molecule has 0 N–H and O–H groups in total. The second-order valence-electron chi connectivity index (χ2n) is 4.13. The molecule has 0 bridgehead atoms. The molecule has 0 aliphatic rings. The Labute approximate surface area is 84.5 Å². The normalized spacial score (nSPS) is 12.6. The Hall–Kier alpha value is -0.630. The number of rotatable bonds is 2. The lowest BCUT2D eigenvalue weighted by Crippen LogP contribution is -2.09. The minimum Gasteiger partial charge on any atom is -0.248 e. The maximum absolute atomic E-state index is 4.41. The first-order valence-corrected chi connectivity index (χ1v) is 5.48. The van der Waals surface area contributed by atoms with Crippen molar-refractivity contribution in [3.05, 3.63) is 22.2 Å². The van der Waals surface area contributed by atoms with Crippen LogP contribution in [0, 0.1) is 0 Å². The van der Waals surface area contributed by atoms with Gasteiger partial charge in [0.25, 0.3) is 0 Å². The van der Waals surface area contributed by atoms with Crippen LogP contribution in [0.5, 0.6) is 0 Å². The molecule has 0 aliphatic carbocycles. The van der Waals surface area contributed by atoms with Crippen molar-refractivity contribution < 1.29 is 0 Å². The molecular weight excluding hydrogens is 178 g/mol. The van der Waals surface area contributed by atoms with Crippen LogP contribution in [0.2, 0.25) is 0 Å². The highest BCUT2D eigenvalue weighted by Crippen LogP contribution is 2.27. The minimum absolute atomic E-state index is 0.184. The molecule has 0 atom stereocenters. The zero-order valence-electron chi connectivity index (χ0n) is 8.79. The number of hydrogen-bond acceptors (Lipinski definition) is 2. The minimum atomic E-state index is 0.184. The molecule has 1 nitrogen and oxygen atoms in total. The van der Waals surface area contributed by atoms with Crippen LogP contribution in [-0.2, 0) is 5.41 Å². The fraction of sp³-hybridized carbons (Fsp3) is 0.545. The Morgan fingerprint density at radius 2 is 2.15 bits per heavy atom. The van der Waals surface area contributed by atoms with Crippen molar-refractivity contribution in [2.75, 3.05) is 0 Å². The van der Waals surface area contributed by atoms with E-state index in [1.54, 1.807) is 11.3 Å². The zero-order chi connectivity index (χ0) is 9.90. The maximum atomic E-state index is 4.41. The molecule has 0 radical (unpaired) electrons. The lowest BCUT2D eigenvalue weighted by molar-refractivity contribution is 0.585. The summed E-state index contributed by atoms with van der Waals surface area (Å²) in [6.07, 6.45) is 7.35. The smallest absolute Gasteiger partial charge is 0.0984 e. The largest absolute Gasteiger partial charge is 0.248 e. The molecule has 0 fully saturated rings. The zero-order valence-corrected chi connectivity index (χ0v) is 9.61. The van der Waals surface area contributed by atoms with Gasteiger partial charge in [-0.1, -0.05) is 33.8 Å². The van der Waals surface area contributed by atoms with Gasteiger partial charge in [0, 0.05) is 16.5 Å². The number of aromatic nitrogens is 1. The van der Waals surface area contributed by atoms with E-state index in [-0.39, 0.29) is 5.41 Å². The van der Waals surface area contributed by atoms with E-state index in [1.165, 1.54) is 9.88 Å². The average molecular weight is 195 g/mol. The van der Waals surface area contributed by atoms with Gasteiger partial charge in [0.15, 0.2) is 0 Å². The lowest BCUT2D eigenvalue weighted by Gasteiger charge is -2.13. The fourth-order valence-electron chi connectivity index (χ4n) is 0.944. The summed E-state index contributed by atoms with van der Waals surface area (Å²) in [6.45, 7) is 8.72. The van der Waals surface area contributed by atoms with Crippen molar-refractivity contribution in [2.45, 2.75) is 39.5 Å². The number of allylic oxidation sites excluding steroid dienone is 1. The molecule has 72 valence electrons. The third-order valence-corrected chi connectivity index (χ3v) is 3.07. The van der Waals surface area contributed by atoms with E-state index in [2.05, 4.69) is 44.8 Å². The molecule has 0 amide bonds. The van der Waals surface area contributed by atoms with Crippen LogP contribution in [0.3, 0.4) is 0 Å². The van der Waals surface area contributed by atoms with Crippen molar-refractivity contribution in [3.63, 3.8) is 0 Å². The van der Waals surface area contributed by atoms with Gasteiger partial charge in [0.2, 0.25) is 0 Å². The summed E-state index contributed by atoms with van der Waals surface area (Å²) in [5.74, 6) is 0. The Kier molecular flexibility index (Phi) is 3.26. The van der Waals surface area contributed by atoms with Crippen LogP contribution in [0.15, 0.2) is 12.3 Å². The van der Waals surface area contributed by atoms with Gasteiger partial charge in [0.05, 0.1) is 5.01 Å². The number of nitrogens with zero attached hydrogens (tertiary/aromatic N) is 1. The summed E-state index contributed by atoms with van der Waals surface area (Å²) in [7, 11) is 0. The first-order chi connectivity index (χ1) is 6.04. The van der Waals surface area contributed by atoms with Crippen LogP contribution in [-0.4, -0.2) is 4.98 Å². The predicted molar refractivity (Wildman–Crippen MR) is 60.1 cm³/mol. The summed E-state index contributed by atoms with van der Waals surface area (Å²) in [4.78, 5) is 5.66. The standard InChI is InChI=1S/C11H17NS/c1-5-6-7-9-8-12-10(13-9)11(2,3)4/h6-8H,5H2,1-4H3/b7-6+. The molecule has 1 aromatic heterocycles. The van der Waals surface area contributed by atoms with Crippen molar-refractivity contribution >= 4 is 17.4 Å². The Balaban J connectivity index is 2.81. The van der Waals surface area contributed by atoms with Crippen LogP contribution in [0.4, 0.5) is 0 Å². The van der Waals surface area contributed by atoms with Crippen molar-refractivity contribution in [1.29, 1.82) is 0 Å². The van der Waals surface area contributed by atoms with Gasteiger partial charge >= 0.3 is 0 Å². The maximum Gasteiger partial charge on any atom is 0.0984 e. The Morgan fingerprint density at radius 1 is 1.46 bits per heavy atom. The topological polar surface area (TPSA) is 12.9 Å². The quantitative estimate of drug-likeness (QED) is 0.698. The molecule has 0 unspecified atom stereocenters. The van der Waals surface area contributed by atoms with E-state index < -0.39 is 0 Å². The monoisotopic (exact) mass is 195 g/mol. The first-order valence-electron chi connectivity index (χ1n) is 4.67. The third-order valence-electron chi connectivity index (χ3n) is 1.68. The van der Waals surface area contributed by atoms with Crippen LogP contribution >= 0.6 is 11.3 Å². The van der Waals surface area contributed by atoms with E-state index in [1.807, 2.05) is 6.20 Å². The second-order valence-corrected chi connectivity index (χ2v) is 5.19. The first kappa shape index (κ1) is 10.5. The number of hydrogen-bond donors (Lipinski definition) is 0. The number of thiazole rings is 1. The highest BCUT2D eigenvalue weighted by atomic mass is 32.1. The third kappa shape index (κ3) is 2.96. The summed E-state index contributed by atoms with van der Waals surface area (Å²) in [6, 6.07) is 0. The van der Waals surface area contributed by atoms with Gasteiger partial charge < -0.3 is 0 Å². The second kappa shape index (κ2) is 4.05. The molecule has 1 heterocycles. The highest BCUT2D eigenvalue weighted by Gasteiger charge is 2.16. The average Bonchev–Trinajstić information content (AvgIpc) is 2.47. The van der Waals surface area contributed by atoms with Crippen molar-refractivity contribution in [2.24, 2.45) is 0 Å². The molecule has 1 aromatic rings. The van der Waals surface area contributed by atoms with Crippen LogP contribution < -0.4 is 0 Å². The molecule has 13 heavy (non-hydrogen) atoms. The Bertz CT molecular complexity index is 291. The van der Waals surface area contributed by atoms with E-state index in [0.29, 0.717) is 0 Å². The van der Waals surface area contributed by atoms with Gasteiger partial charge in [0.1, 0.15) is 0 Å².